The van der Waals surface area contributed by atoms with Crippen LogP contribution in [0.4, 0.5) is 0 Å². The van der Waals surface area contributed by atoms with Crippen molar-refractivity contribution in [3.63, 3.8) is 0 Å². The monoisotopic (exact) mass is 174 g/mol. The lowest BCUT2D eigenvalue weighted by Crippen LogP contribution is -1.88. The first-order valence-corrected chi connectivity index (χ1v) is 4.11. The summed E-state index contributed by atoms with van der Waals surface area (Å²) in [6, 6.07) is 3.74. The van der Waals surface area contributed by atoms with E-state index >= 15 is 0 Å². The first-order valence-electron chi connectivity index (χ1n) is 3.58. The van der Waals surface area contributed by atoms with Crippen LogP contribution in [-0.2, 0) is 17.2 Å². The molecule has 0 N–H and O–H groups in total. The van der Waals surface area contributed by atoms with Gasteiger partial charge in [0.2, 0.25) is 0 Å². The summed E-state index contributed by atoms with van der Waals surface area (Å²) < 4.78 is 10.4. The molecule has 0 saturated heterocycles. The summed E-state index contributed by atoms with van der Waals surface area (Å²) in [5.41, 5.74) is 0. The maximum absolute atomic E-state index is 5.54. The van der Waals surface area contributed by atoms with Crippen molar-refractivity contribution < 1.29 is 9.15 Å². The second-order valence-corrected chi connectivity index (χ2v) is 2.41. The van der Waals surface area contributed by atoms with E-state index < -0.39 is 0 Å². The van der Waals surface area contributed by atoms with E-state index in [9.17, 15) is 0 Å². The maximum atomic E-state index is 5.54. The third-order valence-electron chi connectivity index (χ3n) is 1.30. The number of rotatable bonds is 4. The van der Waals surface area contributed by atoms with Crippen molar-refractivity contribution in [1.82, 2.24) is 0 Å². The summed E-state index contributed by atoms with van der Waals surface area (Å²) in [5, 5.41) is 0. The average molecular weight is 175 g/mol. The number of halogens is 1. The van der Waals surface area contributed by atoms with Gasteiger partial charge in [-0.15, -0.1) is 11.6 Å². The number of hydrogen-bond acceptors (Lipinski definition) is 2. The van der Waals surface area contributed by atoms with Crippen molar-refractivity contribution in [1.29, 1.82) is 0 Å². The van der Waals surface area contributed by atoms with Crippen LogP contribution in [0.1, 0.15) is 18.4 Å². The van der Waals surface area contributed by atoms with Gasteiger partial charge in [0.05, 0.1) is 5.88 Å². The van der Waals surface area contributed by atoms with Crippen LogP contribution < -0.4 is 0 Å². The van der Waals surface area contributed by atoms with Gasteiger partial charge in [-0.2, -0.15) is 0 Å². The third-order valence-corrected chi connectivity index (χ3v) is 1.56. The molecule has 0 saturated carbocycles. The Morgan fingerprint density at radius 1 is 1.45 bits per heavy atom. The van der Waals surface area contributed by atoms with Crippen LogP contribution >= 0.6 is 11.6 Å². The van der Waals surface area contributed by atoms with Gasteiger partial charge in [-0.05, 0) is 19.1 Å². The zero-order chi connectivity index (χ0) is 8.10. The molecule has 0 aromatic carbocycles. The first-order chi connectivity index (χ1) is 5.36. The molecule has 1 aromatic rings. The van der Waals surface area contributed by atoms with Crippen LogP contribution in [0.3, 0.4) is 0 Å². The molecule has 0 aliphatic carbocycles. The molecule has 3 heteroatoms. The van der Waals surface area contributed by atoms with Crippen molar-refractivity contribution in [2.45, 2.75) is 19.4 Å². The van der Waals surface area contributed by atoms with Crippen LogP contribution in [0.25, 0.3) is 0 Å². The minimum absolute atomic E-state index is 0.423. The molecule has 1 aromatic heterocycles. The summed E-state index contributed by atoms with van der Waals surface area (Å²) in [6.07, 6.45) is 0. The molecule has 0 radical (unpaired) electrons. The SMILES string of the molecule is CCOCc1ccc(CCl)o1. The molecule has 2 nitrogen and oxygen atoms in total. The highest BCUT2D eigenvalue weighted by atomic mass is 35.5. The van der Waals surface area contributed by atoms with Gasteiger partial charge in [0, 0.05) is 6.61 Å². The Morgan fingerprint density at radius 3 is 2.73 bits per heavy atom. The predicted octanol–water partition coefficient (Wildman–Crippen LogP) is 2.55. The van der Waals surface area contributed by atoms with E-state index in [1.54, 1.807) is 0 Å². The molecular weight excluding hydrogens is 164 g/mol. The molecule has 0 bridgehead atoms. The Bertz CT molecular complexity index is 208. The van der Waals surface area contributed by atoms with Gasteiger partial charge >= 0.3 is 0 Å². The Hall–Kier alpha value is -0.470. The molecular formula is C8H11ClO2. The highest BCUT2D eigenvalue weighted by molar-refractivity contribution is 6.16. The van der Waals surface area contributed by atoms with Gasteiger partial charge in [0.1, 0.15) is 18.1 Å². The largest absolute Gasteiger partial charge is 0.462 e. The first kappa shape index (κ1) is 8.62. The van der Waals surface area contributed by atoms with Gasteiger partial charge in [-0.25, -0.2) is 0 Å². The van der Waals surface area contributed by atoms with E-state index in [1.807, 2.05) is 19.1 Å². The van der Waals surface area contributed by atoms with Gasteiger partial charge in [-0.1, -0.05) is 0 Å². The molecule has 62 valence electrons. The fourth-order valence-electron chi connectivity index (χ4n) is 0.774. The second-order valence-electron chi connectivity index (χ2n) is 2.14. The predicted molar refractivity (Wildman–Crippen MR) is 43.6 cm³/mol. The van der Waals surface area contributed by atoms with E-state index in [0.29, 0.717) is 19.1 Å². The zero-order valence-corrected chi connectivity index (χ0v) is 7.23. The quantitative estimate of drug-likeness (QED) is 0.655. The van der Waals surface area contributed by atoms with E-state index in [-0.39, 0.29) is 0 Å². The van der Waals surface area contributed by atoms with Crippen molar-refractivity contribution in [3.8, 4) is 0 Å². The number of furan rings is 1. The molecule has 0 unspecified atom stereocenters. The van der Waals surface area contributed by atoms with Gasteiger partial charge in [0.15, 0.2) is 0 Å². The van der Waals surface area contributed by atoms with Crippen molar-refractivity contribution in [2.75, 3.05) is 6.61 Å². The van der Waals surface area contributed by atoms with Crippen molar-refractivity contribution in [3.05, 3.63) is 23.7 Å². The molecule has 1 heterocycles. The smallest absolute Gasteiger partial charge is 0.129 e. The number of hydrogen-bond donors (Lipinski definition) is 0. The van der Waals surface area contributed by atoms with E-state index in [2.05, 4.69) is 0 Å². The van der Waals surface area contributed by atoms with Crippen LogP contribution in [0, 0.1) is 0 Å². The normalized spacial score (nSPS) is 10.4. The van der Waals surface area contributed by atoms with E-state index in [0.717, 1.165) is 11.5 Å². The standard InChI is InChI=1S/C8H11ClO2/c1-2-10-6-8-4-3-7(5-9)11-8/h3-4H,2,5-6H2,1H3. The fraction of sp³-hybridized carbons (Fsp3) is 0.500. The minimum atomic E-state index is 0.423. The summed E-state index contributed by atoms with van der Waals surface area (Å²) in [6.45, 7) is 3.19. The Kier molecular flexibility index (Phi) is 3.46. The summed E-state index contributed by atoms with van der Waals surface area (Å²) in [5.74, 6) is 2.05. The highest BCUT2D eigenvalue weighted by Crippen LogP contribution is 2.10. The van der Waals surface area contributed by atoms with Gasteiger partial charge in [0.25, 0.3) is 0 Å². The highest BCUT2D eigenvalue weighted by Gasteiger charge is 1.99. The van der Waals surface area contributed by atoms with Crippen LogP contribution in [0.5, 0.6) is 0 Å². The topological polar surface area (TPSA) is 22.4 Å². The zero-order valence-electron chi connectivity index (χ0n) is 6.47. The third kappa shape index (κ3) is 2.56. The van der Waals surface area contributed by atoms with Crippen molar-refractivity contribution in [2.24, 2.45) is 0 Å². The Balaban J connectivity index is 2.44. The molecule has 0 aliphatic rings. The lowest BCUT2D eigenvalue weighted by molar-refractivity contribution is 0.117. The molecule has 1 rings (SSSR count). The summed E-state index contributed by atoms with van der Waals surface area (Å²) in [7, 11) is 0. The van der Waals surface area contributed by atoms with E-state index in [1.165, 1.54) is 0 Å². The van der Waals surface area contributed by atoms with Gasteiger partial charge < -0.3 is 9.15 Å². The maximum Gasteiger partial charge on any atom is 0.129 e. The lowest BCUT2D eigenvalue weighted by Gasteiger charge is -1.95. The molecule has 0 fully saturated rings. The summed E-state index contributed by atoms with van der Waals surface area (Å²) in [4.78, 5) is 0. The van der Waals surface area contributed by atoms with E-state index in [4.69, 9.17) is 20.8 Å². The Labute approximate surface area is 71.1 Å². The Morgan fingerprint density at radius 2 is 2.18 bits per heavy atom. The van der Waals surface area contributed by atoms with Crippen LogP contribution in [0.15, 0.2) is 16.5 Å². The minimum Gasteiger partial charge on any atom is -0.462 e. The summed E-state index contributed by atoms with van der Waals surface area (Å²) >= 11 is 5.54. The van der Waals surface area contributed by atoms with Crippen LogP contribution in [0.2, 0.25) is 0 Å². The molecule has 0 atom stereocenters. The van der Waals surface area contributed by atoms with Gasteiger partial charge in [-0.3, -0.25) is 0 Å². The fourth-order valence-corrected chi connectivity index (χ4v) is 0.918. The number of ether oxygens (including phenoxy) is 1. The lowest BCUT2D eigenvalue weighted by atomic mass is 10.4. The molecule has 0 amide bonds. The van der Waals surface area contributed by atoms with Crippen LogP contribution in [-0.4, -0.2) is 6.61 Å². The molecule has 0 aliphatic heterocycles. The van der Waals surface area contributed by atoms with Crippen molar-refractivity contribution >= 4 is 11.6 Å². The molecule has 11 heavy (non-hydrogen) atoms. The second kappa shape index (κ2) is 4.42. The molecule has 0 spiro atoms. The average Bonchev–Trinajstić information content (AvgIpc) is 2.48. The number of alkyl halides is 1.